The van der Waals surface area contributed by atoms with Crippen molar-refractivity contribution in [3.8, 4) is 0 Å². The van der Waals surface area contributed by atoms with Crippen LogP contribution >= 0.6 is 0 Å². The standard InChI is InChI=1S/C15H17N3O/c1-9(10-6-7-10)17-15(19)14-8-12(16)11-4-2-3-5-13(11)18-14/h2-5,8-10H,6-7H2,1H3,(H2,16,18)(H,17,19). The van der Waals surface area contributed by atoms with Gasteiger partial charge < -0.3 is 11.1 Å². The monoisotopic (exact) mass is 255 g/mol. The summed E-state index contributed by atoms with van der Waals surface area (Å²) >= 11 is 0. The highest BCUT2D eigenvalue weighted by Gasteiger charge is 2.29. The van der Waals surface area contributed by atoms with Gasteiger partial charge in [-0.15, -0.1) is 0 Å². The van der Waals surface area contributed by atoms with E-state index in [4.69, 9.17) is 5.73 Å². The van der Waals surface area contributed by atoms with Gasteiger partial charge in [0.25, 0.3) is 5.91 Å². The first-order chi connectivity index (χ1) is 9.15. The Morgan fingerprint density at radius 3 is 2.89 bits per heavy atom. The number of fused-ring (bicyclic) bond motifs is 1. The number of nitrogens with one attached hydrogen (secondary N) is 1. The molecule has 1 heterocycles. The molecule has 0 radical (unpaired) electrons. The molecule has 2 aromatic rings. The van der Waals surface area contributed by atoms with Crippen LogP contribution in [0.2, 0.25) is 0 Å². The van der Waals surface area contributed by atoms with Crippen molar-refractivity contribution in [1.82, 2.24) is 10.3 Å². The lowest BCUT2D eigenvalue weighted by Gasteiger charge is -2.13. The molecule has 1 aliphatic rings. The number of nitrogen functional groups attached to an aromatic ring is 1. The van der Waals surface area contributed by atoms with Crippen LogP contribution in [0.5, 0.6) is 0 Å². The van der Waals surface area contributed by atoms with Crippen molar-refractivity contribution in [2.45, 2.75) is 25.8 Å². The van der Waals surface area contributed by atoms with E-state index in [1.807, 2.05) is 31.2 Å². The molecule has 1 atom stereocenters. The Morgan fingerprint density at radius 2 is 2.16 bits per heavy atom. The molecule has 3 rings (SSSR count). The molecule has 3 N–H and O–H groups in total. The van der Waals surface area contributed by atoms with Crippen molar-refractivity contribution in [2.24, 2.45) is 5.92 Å². The maximum absolute atomic E-state index is 12.2. The lowest BCUT2D eigenvalue weighted by molar-refractivity contribution is 0.0931. The molecular weight excluding hydrogens is 238 g/mol. The van der Waals surface area contributed by atoms with E-state index in [0.29, 0.717) is 17.3 Å². The average Bonchev–Trinajstić information content (AvgIpc) is 3.23. The lowest BCUT2D eigenvalue weighted by atomic mass is 10.1. The number of carbonyl (C=O) groups is 1. The summed E-state index contributed by atoms with van der Waals surface area (Å²) in [6, 6.07) is 9.44. The van der Waals surface area contributed by atoms with E-state index in [-0.39, 0.29) is 11.9 Å². The third-order valence-electron chi connectivity index (χ3n) is 3.67. The molecule has 0 saturated heterocycles. The Morgan fingerprint density at radius 1 is 1.42 bits per heavy atom. The number of benzene rings is 1. The van der Waals surface area contributed by atoms with E-state index >= 15 is 0 Å². The number of nitrogens with zero attached hydrogens (tertiary/aromatic N) is 1. The van der Waals surface area contributed by atoms with Crippen molar-refractivity contribution in [2.75, 3.05) is 5.73 Å². The number of nitrogens with two attached hydrogens (primary N) is 1. The molecule has 4 heteroatoms. The zero-order valence-corrected chi connectivity index (χ0v) is 10.9. The minimum absolute atomic E-state index is 0.142. The molecule has 4 nitrogen and oxygen atoms in total. The van der Waals surface area contributed by atoms with Gasteiger partial charge in [0.1, 0.15) is 5.69 Å². The maximum Gasteiger partial charge on any atom is 0.270 e. The highest BCUT2D eigenvalue weighted by molar-refractivity contribution is 5.99. The molecule has 1 aliphatic carbocycles. The third-order valence-corrected chi connectivity index (χ3v) is 3.67. The maximum atomic E-state index is 12.2. The van der Waals surface area contributed by atoms with Gasteiger partial charge in [-0.3, -0.25) is 4.79 Å². The van der Waals surface area contributed by atoms with E-state index in [1.54, 1.807) is 6.07 Å². The Kier molecular flexibility index (Phi) is 2.85. The summed E-state index contributed by atoms with van der Waals surface area (Å²) in [5.74, 6) is 0.485. The van der Waals surface area contributed by atoms with Crippen LogP contribution in [-0.4, -0.2) is 16.9 Å². The van der Waals surface area contributed by atoms with Crippen molar-refractivity contribution in [3.63, 3.8) is 0 Å². The second-order valence-corrected chi connectivity index (χ2v) is 5.21. The predicted molar refractivity (Wildman–Crippen MR) is 75.8 cm³/mol. The van der Waals surface area contributed by atoms with E-state index in [9.17, 15) is 4.79 Å². The molecule has 19 heavy (non-hydrogen) atoms. The van der Waals surface area contributed by atoms with Crippen molar-refractivity contribution >= 4 is 22.5 Å². The molecule has 1 fully saturated rings. The minimum Gasteiger partial charge on any atom is -0.398 e. The summed E-state index contributed by atoms with van der Waals surface area (Å²) in [4.78, 5) is 16.5. The summed E-state index contributed by atoms with van der Waals surface area (Å²) in [5, 5.41) is 3.88. The Balaban J connectivity index is 1.89. The largest absolute Gasteiger partial charge is 0.398 e. The molecule has 1 amide bonds. The quantitative estimate of drug-likeness (QED) is 0.884. The number of carbonyl (C=O) groups excluding carboxylic acids is 1. The number of hydrogen-bond acceptors (Lipinski definition) is 3. The van der Waals surface area contributed by atoms with E-state index in [1.165, 1.54) is 12.8 Å². The second kappa shape index (κ2) is 4.53. The number of para-hydroxylation sites is 1. The van der Waals surface area contributed by atoms with Crippen molar-refractivity contribution in [1.29, 1.82) is 0 Å². The fourth-order valence-corrected chi connectivity index (χ4v) is 2.31. The summed E-state index contributed by atoms with van der Waals surface area (Å²) in [5.41, 5.74) is 7.72. The highest BCUT2D eigenvalue weighted by atomic mass is 16.1. The van der Waals surface area contributed by atoms with E-state index in [2.05, 4.69) is 10.3 Å². The van der Waals surface area contributed by atoms with Gasteiger partial charge in [0, 0.05) is 17.1 Å². The van der Waals surface area contributed by atoms with Crippen LogP contribution in [-0.2, 0) is 0 Å². The molecule has 1 saturated carbocycles. The highest BCUT2D eigenvalue weighted by Crippen LogP contribution is 2.32. The van der Waals surface area contributed by atoms with Gasteiger partial charge in [0.05, 0.1) is 5.52 Å². The fourth-order valence-electron chi connectivity index (χ4n) is 2.31. The smallest absolute Gasteiger partial charge is 0.270 e. The third kappa shape index (κ3) is 2.38. The molecule has 1 unspecified atom stereocenters. The first kappa shape index (κ1) is 12.0. The van der Waals surface area contributed by atoms with Crippen LogP contribution in [0.25, 0.3) is 10.9 Å². The second-order valence-electron chi connectivity index (χ2n) is 5.21. The zero-order valence-electron chi connectivity index (χ0n) is 10.9. The summed E-state index contributed by atoms with van der Waals surface area (Å²) in [7, 11) is 0. The molecular formula is C15H17N3O. The van der Waals surface area contributed by atoms with Crippen LogP contribution < -0.4 is 11.1 Å². The van der Waals surface area contributed by atoms with Crippen LogP contribution in [0.4, 0.5) is 5.69 Å². The van der Waals surface area contributed by atoms with E-state index in [0.717, 1.165) is 10.9 Å². The summed E-state index contributed by atoms with van der Waals surface area (Å²) < 4.78 is 0. The predicted octanol–water partition coefficient (Wildman–Crippen LogP) is 2.35. The molecule has 1 aromatic carbocycles. The molecule has 98 valence electrons. The number of anilines is 1. The van der Waals surface area contributed by atoms with E-state index < -0.39 is 0 Å². The number of aromatic nitrogens is 1. The van der Waals surface area contributed by atoms with Crippen LogP contribution in [0.3, 0.4) is 0 Å². The Labute approximate surface area is 112 Å². The molecule has 1 aromatic heterocycles. The molecule has 0 bridgehead atoms. The first-order valence-corrected chi connectivity index (χ1v) is 6.61. The zero-order chi connectivity index (χ0) is 13.4. The fraction of sp³-hybridized carbons (Fsp3) is 0.333. The van der Waals surface area contributed by atoms with Gasteiger partial charge >= 0.3 is 0 Å². The first-order valence-electron chi connectivity index (χ1n) is 6.61. The topological polar surface area (TPSA) is 68.0 Å². The van der Waals surface area contributed by atoms with Crippen molar-refractivity contribution in [3.05, 3.63) is 36.0 Å². The van der Waals surface area contributed by atoms with Crippen molar-refractivity contribution < 1.29 is 4.79 Å². The van der Waals surface area contributed by atoms with Crippen LogP contribution in [0.1, 0.15) is 30.3 Å². The normalized spacial score (nSPS) is 16.3. The minimum atomic E-state index is -0.142. The van der Waals surface area contributed by atoms with Gasteiger partial charge in [-0.1, -0.05) is 18.2 Å². The van der Waals surface area contributed by atoms with Gasteiger partial charge in [-0.2, -0.15) is 0 Å². The summed E-state index contributed by atoms with van der Waals surface area (Å²) in [6.45, 7) is 2.04. The van der Waals surface area contributed by atoms with Gasteiger partial charge in [0.2, 0.25) is 0 Å². The van der Waals surface area contributed by atoms with Gasteiger partial charge in [-0.05, 0) is 37.8 Å². The van der Waals surface area contributed by atoms with Crippen LogP contribution in [0.15, 0.2) is 30.3 Å². The number of pyridine rings is 1. The average molecular weight is 255 g/mol. The Hall–Kier alpha value is -2.10. The molecule has 0 aliphatic heterocycles. The Bertz CT molecular complexity index is 634. The molecule has 0 spiro atoms. The van der Waals surface area contributed by atoms with Gasteiger partial charge in [0.15, 0.2) is 0 Å². The number of amides is 1. The lowest BCUT2D eigenvalue weighted by Crippen LogP contribution is -2.34. The number of rotatable bonds is 3. The number of hydrogen-bond donors (Lipinski definition) is 2. The SMILES string of the molecule is CC(NC(=O)c1cc(N)c2ccccc2n1)C1CC1. The van der Waals surface area contributed by atoms with Crippen LogP contribution in [0, 0.1) is 5.92 Å². The van der Waals surface area contributed by atoms with Gasteiger partial charge in [-0.25, -0.2) is 4.98 Å². The summed E-state index contributed by atoms with van der Waals surface area (Å²) in [6.07, 6.45) is 2.41.